The molecule has 1 amide bonds. The van der Waals surface area contributed by atoms with E-state index in [1.54, 1.807) is 67.8 Å². The molecule has 2 N–H and O–H groups in total. The first kappa shape index (κ1) is 23.1. The Morgan fingerprint density at radius 2 is 1.61 bits per heavy atom. The fourth-order valence-corrected chi connectivity index (χ4v) is 4.40. The molecule has 1 aromatic heterocycles. The molecule has 0 bridgehead atoms. The van der Waals surface area contributed by atoms with Crippen LogP contribution in [-0.4, -0.2) is 38.4 Å². The summed E-state index contributed by atoms with van der Waals surface area (Å²) < 4.78 is 27.5. The van der Waals surface area contributed by atoms with Gasteiger partial charge in [0.05, 0.1) is 38.2 Å². The van der Waals surface area contributed by atoms with E-state index in [1.807, 2.05) is 0 Å². The van der Waals surface area contributed by atoms with Crippen LogP contribution in [0.25, 0.3) is 11.0 Å². The largest absolute Gasteiger partial charge is 0.502 e. The van der Waals surface area contributed by atoms with Crippen LogP contribution < -0.4 is 29.9 Å². The number of phenolic OH excluding ortho intramolecular Hbond substituents is 1. The van der Waals surface area contributed by atoms with Gasteiger partial charge in [-0.2, -0.15) is 0 Å². The molecule has 0 spiro atoms. The predicted octanol–water partition coefficient (Wildman–Crippen LogP) is 4.06. The molecule has 4 aromatic rings. The van der Waals surface area contributed by atoms with Crippen molar-refractivity contribution in [3.8, 4) is 28.7 Å². The SMILES string of the molecule is COc1ccc(NC(=O)C2Oc3c(c(=O)oc4ccccc34)C2c2cc(OC)c(O)c(OC)c2)cc1. The van der Waals surface area contributed by atoms with Crippen LogP contribution in [-0.2, 0) is 4.79 Å². The Kier molecular flexibility index (Phi) is 5.89. The first-order chi connectivity index (χ1) is 17.4. The van der Waals surface area contributed by atoms with E-state index in [0.29, 0.717) is 28.0 Å². The van der Waals surface area contributed by atoms with E-state index in [0.717, 1.165) is 0 Å². The second-order valence-corrected chi connectivity index (χ2v) is 8.14. The van der Waals surface area contributed by atoms with Crippen LogP contribution in [0.5, 0.6) is 28.7 Å². The van der Waals surface area contributed by atoms with Gasteiger partial charge in [-0.15, -0.1) is 0 Å². The van der Waals surface area contributed by atoms with E-state index in [4.69, 9.17) is 23.4 Å². The van der Waals surface area contributed by atoms with E-state index in [9.17, 15) is 14.7 Å². The number of amides is 1. The van der Waals surface area contributed by atoms with E-state index >= 15 is 0 Å². The van der Waals surface area contributed by atoms with Crippen molar-refractivity contribution in [1.29, 1.82) is 0 Å². The van der Waals surface area contributed by atoms with Gasteiger partial charge in [-0.1, -0.05) is 12.1 Å². The number of nitrogens with one attached hydrogen (secondary N) is 1. The number of methoxy groups -OCH3 is 3. The molecule has 1 aliphatic rings. The Bertz CT molecular complexity index is 1480. The van der Waals surface area contributed by atoms with Crippen molar-refractivity contribution in [1.82, 2.24) is 0 Å². The average molecular weight is 489 g/mol. The summed E-state index contributed by atoms with van der Waals surface area (Å²) in [5, 5.41) is 13.8. The second-order valence-electron chi connectivity index (χ2n) is 8.14. The van der Waals surface area contributed by atoms with Crippen molar-refractivity contribution < 1.29 is 33.3 Å². The fourth-order valence-electron chi connectivity index (χ4n) is 4.40. The van der Waals surface area contributed by atoms with Gasteiger partial charge in [0.15, 0.2) is 17.6 Å². The molecular weight excluding hydrogens is 466 g/mol. The molecule has 0 fully saturated rings. The number of rotatable bonds is 6. The van der Waals surface area contributed by atoms with Crippen LogP contribution in [0.4, 0.5) is 5.69 Å². The number of benzene rings is 3. The molecule has 2 atom stereocenters. The third-order valence-electron chi connectivity index (χ3n) is 6.13. The molecule has 5 rings (SSSR count). The van der Waals surface area contributed by atoms with Crippen molar-refractivity contribution in [2.75, 3.05) is 26.6 Å². The van der Waals surface area contributed by atoms with Gasteiger partial charge < -0.3 is 33.8 Å². The Labute approximate surface area is 205 Å². The van der Waals surface area contributed by atoms with E-state index in [-0.39, 0.29) is 28.6 Å². The predicted molar refractivity (Wildman–Crippen MR) is 132 cm³/mol. The normalized spacial score (nSPS) is 16.2. The zero-order chi connectivity index (χ0) is 25.4. The summed E-state index contributed by atoms with van der Waals surface area (Å²) in [6.45, 7) is 0. The third kappa shape index (κ3) is 3.84. The van der Waals surface area contributed by atoms with Gasteiger partial charge in [0.2, 0.25) is 5.75 Å². The lowest BCUT2D eigenvalue weighted by atomic mass is 9.87. The number of aromatic hydroxyl groups is 1. The third-order valence-corrected chi connectivity index (χ3v) is 6.13. The minimum Gasteiger partial charge on any atom is -0.502 e. The van der Waals surface area contributed by atoms with Gasteiger partial charge in [0.25, 0.3) is 5.91 Å². The molecule has 2 unspecified atom stereocenters. The monoisotopic (exact) mass is 489 g/mol. The number of para-hydroxylation sites is 1. The van der Waals surface area contributed by atoms with Crippen LogP contribution in [0.1, 0.15) is 17.0 Å². The number of hydrogen-bond donors (Lipinski definition) is 2. The molecule has 0 saturated heterocycles. The van der Waals surface area contributed by atoms with Gasteiger partial charge in [-0.05, 0) is 54.1 Å². The van der Waals surface area contributed by atoms with Crippen molar-refractivity contribution in [3.63, 3.8) is 0 Å². The summed E-state index contributed by atoms with van der Waals surface area (Å²) in [7, 11) is 4.35. The second kappa shape index (κ2) is 9.18. The molecule has 184 valence electrons. The quantitative estimate of drug-likeness (QED) is 0.390. The minimum atomic E-state index is -1.13. The highest BCUT2D eigenvalue weighted by molar-refractivity contribution is 5.97. The molecule has 3 aromatic carbocycles. The van der Waals surface area contributed by atoms with Crippen molar-refractivity contribution in [2.24, 2.45) is 0 Å². The molecule has 2 heterocycles. The van der Waals surface area contributed by atoms with Crippen LogP contribution in [0.2, 0.25) is 0 Å². The summed E-state index contributed by atoms with van der Waals surface area (Å²) in [5.74, 6) is -0.392. The van der Waals surface area contributed by atoms with Gasteiger partial charge in [-0.3, -0.25) is 4.79 Å². The Morgan fingerprint density at radius 3 is 2.25 bits per heavy atom. The highest BCUT2D eigenvalue weighted by atomic mass is 16.5. The number of ether oxygens (including phenoxy) is 4. The number of fused-ring (bicyclic) bond motifs is 3. The maximum absolute atomic E-state index is 13.5. The van der Waals surface area contributed by atoms with Crippen LogP contribution >= 0.6 is 0 Å². The molecule has 0 radical (unpaired) electrons. The van der Waals surface area contributed by atoms with Crippen LogP contribution in [0, 0.1) is 0 Å². The Hall–Kier alpha value is -4.66. The topological polar surface area (TPSA) is 116 Å². The average Bonchev–Trinajstić information content (AvgIpc) is 3.31. The minimum absolute atomic E-state index is 0.122. The lowest BCUT2D eigenvalue weighted by Crippen LogP contribution is -2.35. The zero-order valence-corrected chi connectivity index (χ0v) is 19.7. The molecule has 0 saturated carbocycles. The summed E-state index contributed by atoms with van der Waals surface area (Å²) >= 11 is 0. The highest BCUT2D eigenvalue weighted by Crippen LogP contribution is 2.48. The molecule has 9 heteroatoms. The number of anilines is 1. The number of hydrogen-bond acceptors (Lipinski definition) is 8. The van der Waals surface area contributed by atoms with Crippen molar-refractivity contribution >= 4 is 22.6 Å². The standard InChI is InChI=1S/C27H23NO8/c1-32-16-10-8-15(9-11-16)28-26(30)25-21(14-12-19(33-2)23(29)20(13-14)34-3)22-24(36-25)17-6-4-5-7-18(17)35-27(22)31/h4-13,21,25,29H,1-3H3,(H,28,30). The molecule has 0 aliphatic carbocycles. The smallest absolute Gasteiger partial charge is 0.344 e. The lowest BCUT2D eigenvalue weighted by molar-refractivity contribution is -0.122. The summed E-state index contributed by atoms with van der Waals surface area (Å²) in [6, 6.07) is 16.9. The number of carbonyl (C=O) groups is 1. The van der Waals surface area contributed by atoms with Crippen LogP contribution in [0.15, 0.2) is 69.9 Å². The van der Waals surface area contributed by atoms with E-state index in [2.05, 4.69) is 5.32 Å². The maximum atomic E-state index is 13.5. The van der Waals surface area contributed by atoms with Gasteiger partial charge in [0.1, 0.15) is 17.1 Å². The van der Waals surface area contributed by atoms with Gasteiger partial charge in [-0.25, -0.2) is 4.79 Å². The number of phenols is 1. The van der Waals surface area contributed by atoms with E-state index in [1.165, 1.54) is 14.2 Å². The molecule has 36 heavy (non-hydrogen) atoms. The Balaban J connectivity index is 1.65. The van der Waals surface area contributed by atoms with Crippen molar-refractivity contribution in [3.05, 3.63) is 82.2 Å². The molecule has 9 nitrogen and oxygen atoms in total. The maximum Gasteiger partial charge on any atom is 0.344 e. The first-order valence-corrected chi connectivity index (χ1v) is 11.1. The van der Waals surface area contributed by atoms with E-state index < -0.39 is 23.6 Å². The number of carbonyl (C=O) groups excluding carboxylic acids is 1. The first-order valence-electron chi connectivity index (χ1n) is 11.1. The van der Waals surface area contributed by atoms with Gasteiger partial charge >= 0.3 is 5.63 Å². The zero-order valence-electron chi connectivity index (χ0n) is 19.7. The van der Waals surface area contributed by atoms with Crippen molar-refractivity contribution in [2.45, 2.75) is 12.0 Å². The summed E-state index contributed by atoms with van der Waals surface area (Å²) in [6.07, 6.45) is -1.13. The fraction of sp³-hybridized carbons (Fsp3) is 0.185. The summed E-state index contributed by atoms with van der Waals surface area (Å²) in [4.78, 5) is 26.7. The van der Waals surface area contributed by atoms with Gasteiger partial charge in [0, 0.05) is 5.69 Å². The highest BCUT2D eigenvalue weighted by Gasteiger charge is 2.45. The molecular formula is C27H23NO8. The van der Waals surface area contributed by atoms with Crippen LogP contribution in [0.3, 0.4) is 0 Å². The summed E-state index contributed by atoms with van der Waals surface area (Å²) in [5.41, 5.74) is 0.907. The molecule has 1 aliphatic heterocycles. The Morgan fingerprint density at radius 1 is 0.944 bits per heavy atom. The lowest BCUT2D eigenvalue weighted by Gasteiger charge is -2.20.